The van der Waals surface area contributed by atoms with Crippen molar-refractivity contribution in [2.45, 2.75) is 45.8 Å². The van der Waals surface area contributed by atoms with Crippen LogP contribution in [0.2, 0.25) is 45.8 Å². The largest absolute Gasteiger partial charge is 0.425 e. The summed E-state index contributed by atoms with van der Waals surface area (Å²) in [4.78, 5) is 0. The van der Waals surface area contributed by atoms with Crippen LogP contribution in [0.15, 0.2) is 0 Å². The number of hydrogen-bond donors (Lipinski definition) is 0. The molecule has 0 fully saturated rings. The Balaban J connectivity index is 4.59. The van der Waals surface area contributed by atoms with Crippen molar-refractivity contribution in [1.29, 1.82) is 0 Å². The summed E-state index contributed by atoms with van der Waals surface area (Å²) in [5, 5.41) is 0. The fourth-order valence-corrected chi connectivity index (χ4v) is 20.6. The van der Waals surface area contributed by atoms with Gasteiger partial charge in [-0.1, -0.05) is 0 Å². The van der Waals surface area contributed by atoms with Crippen molar-refractivity contribution in [2.24, 2.45) is 0 Å². The van der Waals surface area contributed by atoms with E-state index in [9.17, 15) is 0 Å². The van der Waals surface area contributed by atoms with Gasteiger partial charge < -0.3 is 12.3 Å². The van der Waals surface area contributed by atoms with Crippen LogP contribution in [0.5, 0.6) is 0 Å². The van der Waals surface area contributed by atoms with Crippen LogP contribution in [-0.4, -0.2) is 31.7 Å². The Kier molecular flexibility index (Phi) is 6.51. The highest BCUT2D eigenvalue weighted by atomic mass is 35.7. The van der Waals surface area contributed by atoms with Gasteiger partial charge in [0.2, 0.25) is 0 Å². The van der Waals surface area contributed by atoms with Gasteiger partial charge in [0.25, 0.3) is 7.63 Å². The van der Waals surface area contributed by atoms with Crippen molar-refractivity contribution in [3.05, 3.63) is 0 Å². The minimum Gasteiger partial charge on any atom is -0.425 e. The Morgan fingerprint density at radius 3 is 1.24 bits per heavy atom. The normalized spacial score (nSPS) is 15.2. The molecular formula is C7H21Cl3O3Si4. The van der Waals surface area contributed by atoms with Crippen LogP contribution in [0, 0.1) is 0 Å². The van der Waals surface area contributed by atoms with E-state index >= 15 is 0 Å². The zero-order valence-corrected chi connectivity index (χ0v) is 17.6. The molecule has 0 saturated carbocycles. The average molecular weight is 372 g/mol. The van der Waals surface area contributed by atoms with Gasteiger partial charge in [-0.2, -0.15) is 0 Å². The molecule has 0 radical (unpaired) electrons. The zero-order valence-electron chi connectivity index (χ0n) is 11.4. The smallest absolute Gasteiger partial charge is 0.377 e. The lowest BCUT2D eigenvalue weighted by Gasteiger charge is -2.37. The molecule has 0 aromatic rings. The molecule has 0 aliphatic carbocycles. The highest BCUT2D eigenvalue weighted by Crippen LogP contribution is 2.27. The second-order valence-electron chi connectivity index (χ2n) is 5.28. The van der Waals surface area contributed by atoms with E-state index in [1.54, 1.807) is 6.55 Å². The maximum atomic E-state index is 6.18. The van der Waals surface area contributed by atoms with Gasteiger partial charge in [-0.15, -0.1) is 33.2 Å². The van der Waals surface area contributed by atoms with E-state index in [4.69, 9.17) is 45.6 Å². The van der Waals surface area contributed by atoms with E-state index in [2.05, 4.69) is 0 Å². The van der Waals surface area contributed by atoms with Crippen molar-refractivity contribution >= 4 is 64.9 Å². The third-order valence-electron chi connectivity index (χ3n) is 1.41. The molecule has 10 heteroatoms. The molecule has 0 aromatic heterocycles. The van der Waals surface area contributed by atoms with Crippen molar-refractivity contribution in [2.75, 3.05) is 0 Å². The van der Waals surface area contributed by atoms with E-state index in [1.807, 2.05) is 39.3 Å². The summed E-state index contributed by atoms with van der Waals surface area (Å²) < 4.78 is 17.6. The van der Waals surface area contributed by atoms with E-state index in [1.165, 1.54) is 0 Å². The van der Waals surface area contributed by atoms with Gasteiger partial charge in [-0.25, -0.2) is 0 Å². The van der Waals surface area contributed by atoms with Gasteiger partial charge >= 0.3 is 24.1 Å². The summed E-state index contributed by atoms with van der Waals surface area (Å²) in [5.74, 6) is 0. The number of halogens is 3. The lowest BCUT2D eigenvalue weighted by molar-refractivity contribution is 0.339. The third-order valence-corrected chi connectivity index (χ3v) is 14.7. The van der Waals surface area contributed by atoms with Gasteiger partial charge in [0, 0.05) is 0 Å². The van der Waals surface area contributed by atoms with Crippen LogP contribution in [0.25, 0.3) is 0 Å². The van der Waals surface area contributed by atoms with Gasteiger partial charge in [-0.05, 0) is 45.8 Å². The summed E-state index contributed by atoms with van der Waals surface area (Å²) >= 11 is 18.1. The quantitative estimate of drug-likeness (QED) is 0.510. The molecule has 17 heavy (non-hydrogen) atoms. The first-order valence-electron chi connectivity index (χ1n) is 5.29. The highest BCUT2D eigenvalue weighted by molar-refractivity contribution is 7.43. The summed E-state index contributed by atoms with van der Waals surface area (Å²) in [5.41, 5.74) is 0. The molecule has 0 N–H and O–H groups in total. The first-order valence-corrected chi connectivity index (χ1v) is 19.3. The molecule has 0 aliphatic heterocycles. The monoisotopic (exact) mass is 370 g/mol. The van der Waals surface area contributed by atoms with Crippen LogP contribution in [0.4, 0.5) is 0 Å². The molecule has 3 nitrogen and oxygen atoms in total. The zero-order chi connectivity index (χ0) is 14.1. The second kappa shape index (κ2) is 5.94. The topological polar surface area (TPSA) is 27.7 Å². The Bertz CT molecular complexity index is 236. The third kappa shape index (κ3) is 11.2. The Morgan fingerprint density at radius 2 is 0.941 bits per heavy atom. The molecule has 0 spiro atoms. The van der Waals surface area contributed by atoms with Crippen molar-refractivity contribution in [3.63, 3.8) is 0 Å². The number of rotatable bonds is 6. The first-order chi connectivity index (χ1) is 7.12. The lowest BCUT2D eigenvalue weighted by atomic mass is 11.9. The van der Waals surface area contributed by atoms with E-state index in [-0.39, 0.29) is 0 Å². The minimum atomic E-state index is -2.62. The predicted molar refractivity (Wildman–Crippen MR) is 84.9 cm³/mol. The van der Waals surface area contributed by atoms with E-state index < -0.39 is 31.7 Å². The standard InChI is InChI=1S/C7H21Cl3O3Si4/c1-14(2,8)11-15(3,4)12-16(5,6)13-17(7,9)10/h1-7H3. The SMILES string of the molecule is C[Si](C)(Cl)O[Si](C)(C)O[Si](C)(C)O[Si](C)(Cl)Cl. The Hall–Kier alpha value is 1.62. The summed E-state index contributed by atoms with van der Waals surface area (Å²) in [6.45, 7) is 10.7. The van der Waals surface area contributed by atoms with Crippen molar-refractivity contribution in [3.8, 4) is 0 Å². The first kappa shape index (κ1) is 18.6. The molecular weight excluding hydrogens is 351 g/mol. The Labute approximate surface area is 123 Å². The van der Waals surface area contributed by atoms with Crippen molar-refractivity contribution < 1.29 is 12.3 Å². The maximum absolute atomic E-state index is 6.18. The molecule has 0 saturated heterocycles. The van der Waals surface area contributed by atoms with E-state index in [0.717, 1.165) is 0 Å². The molecule has 104 valence electrons. The molecule has 0 aliphatic rings. The van der Waals surface area contributed by atoms with Gasteiger partial charge in [0.05, 0.1) is 0 Å². The maximum Gasteiger partial charge on any atom is 0.377 e. The molecule has 0 heterocycles. The molecule has 0 bridgehead atoms. The molecule has 0 unspecified atom stereocenters. The van der Waals surface area contributed by atoms with Crippen LogP contribution in [0.3, 0.4) is 0 Å². The average Bonchev–Trinajstić information content (AvgIpc) is 1.65. The molecule has 0 amide bonds. The minimum absolute atomic E-state index is 1.71. The lowest BCUT2D eigenvalue weighted by Crippen LogP contribution is -2.54. The molecule has 0 atom stereocenters. The number of hydrogen-bond acceptors (Lipinski definition) is 3. The Morgan fingerprint density at radius 1 is 0.588 bits per heavy atom. The predicted octanol–water partition coefficient (Wildman–Crippen LogP) is 4.43. The second-order valence-corrected chi connectivity index (χ2v) is 25.3. The van der Waals surface area contributed by atoms with Gasteiger partial charge in [-0.3, -0.25) is 0 Å². The van der Waals surface area contributed by atoms with Gasteiger partial charge in [0.1, 0.15) is 0 Å². The molecule has 0 rings (SSSR count). The summed E-state index contributed by atoms with van der Waals surface area (Å²) in [7, 11) is -6.81. The highest BCUT2D eigenvalue weighted by Gasteiger charge is 2.43. The van der Waals surface area contributed by atoms with Crippen LogP contribution < -0.4 is 0 Å². The fourth-order valence-electron chi connectivity index (χ4n) is 1.65. The fraction of sp³-hybridized carbons (Fsp3) is 1.00. The van der Waals surface area contributed by atoms with Crippen LogP contribution in [-0.2, 0) is 12.3 Å². The molecule has 0 aromatic carbocycles. The summed E-state index contributed by atoms with van der Waals surface area (Å²) in [6, 6.07) is 0. The van der Waals surface area contributed by atoms with E-state index in [0.29, 0.717) is 0 Å². The van der Waals surface area contributed by atoms with Crippen molar-refractivity contribution in [1.82, 2.24) is 0 Å². The summed E-state index contributed by atoms with van der Waals surface area (Å²) in [6.07, 6.45) is 0. The van der Waals surface area contributed by atoms with Crippen LogP contribution in [0.1, 0.15) is 0 Å². The van der Waals surface area contributed by atoms with Crippen LogP contribution >= 0.6 is 33.2 Å². The van der Waals surface area contributed by atoms with Gasteiger partial charge in [0.15, 0.2) is 0 Å².